The van der Waals surface area contributed by atoms with Gasteiger partial charge in [0.25, 0.3) is 0 Å². The third-order valence-electron chi connectivity index (χ3n) is 3.55. The van der Waals surface area contributed by atoms with Crippen LogP contribution in [0.5, 0.6) is 0 Å². The van der Waals surface area contributed by atoms with Crippen molar-refractivity contribution in [3.05, 3.63) is 35.5 Å². The summed E-state index contributed by atoms with van der Waals surface area (Å²) in [5.74, 6) is 1.62. The molecule has 6 heteroatoms. The van der Waals surface area contributed by atoms with Crippen LogP contribution in [0.2, 0.25) is 0 Å². The molecule has 0 aliphatic rings. The maximum absolute atomic E-state index is 5.03. The molecule has 0 saturated carbocycles. The number of nitrogens with one attached hydrogen (secondary N) is 2. The number of rotatable bonds is 8. The Morgan fingerprint density at radius 1 is 1.26 bits per heavy atom. The maximum Gasteiger partial charge on any atom is 0.249 e. The Morgan fingerprint density at radius 2 is 2.09 bits per heavy atom. The highest BCUT2D eigenvalue weighted by Crippen LogP contribution is 2.29. The molecule has 2 aromatic rings. The Morgan fingerprint density at radius 3 is 2.83 bits per heavy atom. The van der Waals surface area contributed by atoms with Crippen LogP contribution < -0.4 is 10.6 Å². The number of hydrogen-bond acceptors (Lipinski definition) is 6. The van der Waals surface area contributed by atoms with E-state index in [4.69, 9.17) is 4.74 Å². The lowest BCUT2D eigenvalue weighted by Gasteiger charge is -2.16. The molecule has 6 nitrogen and oxygen atoms in total. The summed E-state index contributed by atoms with van der Waals surface area (Å²) in [6.07, 6.45) is 2.54. The second-order valence-electron chi connectivity index (χ2n) is 5.76. The second-order valence-corrected chi connectivity index (χ2v) is 5.76. The molecule has 0 bridgehead atoms. The van der Waals surface area contributed by atoms with E-state index in [1.165, 1.54) is 11.1 Å². The van der Waals surface area contributed by atoms with Crippen LogP contribution in [0.1, 0.15) is 37.3 Å². The smallest absolute Gasteiger partial charge is 0.249 e. The minimum Gasteiger partial charge on any atom is -0.385 e. The summed E-state index contributed by atoms with van der Waals surface area (Å²) in [6.45, 7) is 7.93. The molecule has 1 aromatic heterocycles. The van der Waals surface area contributed by atoms with E-state index < -0.39 is 0 Å². The van der Waals surface area contributed by atoms with Gasteiger partial charge in [0.1, 0.15) is 0 Å². The zero-order chi connectivity index (χ0) is 16.7. The van der Waals surface area contributed by atoms with Crippen LogP contribution in [0.3, 0.4) is 0 Å². The third kappa shape index (κ3) is 4.89. The van der Waals surface area contributed by atoms with Crippen molar-refractivity contribution in [3.63, 3.8) is 0 Å². The first-order valence-corrected chi connectivity index (χ1v) is 7.91. The number of hydrogen-bond donors (Lipinski definition) is 2. The molecule has 0 amide bonds. The number of para-hydroxylation sites is 1. The Kier molecular flexibility index (Phi) is 6.29. The molecule has 0 fully saturated rings. The van der Waals surface area contributed by atoms with E-state index in [2.05, 4.69) is 64.8 Å². The average molecular weight is 315 g/mol. The fourth-order valence-corrected chi connectivity index (χ4v) is 2.33. The first-order chi connectivity index (χ1) is 11.1. The molecule has 0 radical (unpaired) electrons. The van der Waals surface area contributed by atoms with E-state index in [1.54, 1.807) is 13.3 Å². The van der Waals surface area contributed by atoms with Gasteiger partial charge in [0.15, 0.2) is 5.82 Å². The number of ether oxygens (including phenoxy) is 1. The van der Waals surface area contributed by atoms with Gasteiger partial charge in [0.2, 0.25) is 5.95 Å². The Labute approximate surface area is 137 Å². The summed E-state index contributed by atoms with van der Waals surface area (Å²) < 4.78 is 5.03. The van der Waals surface area contributed by atoms with Gasteiger partial charge in [-0.1, -0.05) is 32.0 Å². The topological polar surface area (TPSA) is 72.0 Å². The molecule has 0 spiro atoms. The molecule has 2 rings (SSSR count). The van der Waals surface area contributed by atoms with Crippen LogP contribution in [0.15, 0.2) is 24.4 Å². The van der Waals surface area contributed by atoms with E-state index in [-0.39, 0.29) is 0 Å². The first-order valence-electron chi connectivity index (χ1n) is 7.91. The summed E-state index contributed by atoms with van der Waals surface area (Å²) in [4.78, 5) is 4.47. The summed E-state index contributed by atoms with van der Waals surface area (Å²) in [6, 6.07) is 6.28. The van der Waals surface area contributed by atoms with Crippen LogP contribution in [-0.4, -0.2) is 35.4 Å². The molecular weight excluding hydrogens is 290 g/mol. The number of methoxy groups -OCH3 is 1. The van der Waals surface area contributed by atoms with Crippen LogP contribution in [0.4, 0.5) is 17.5 Å². The molecular formula is C17H25N5O. The lowest BCUT2D eigenvalue weighted by atomic mass is 9.98. The van der Waals surface area contributed by atoms with Gasteiger partial charge in [-0.3, -0.25) is 0 Å². The van der Waals surface area contributed by atoms with Gasteiger partial charge >= 0.3 is 0 Å². The van der Waals surface area contributed by atoms with Crippen molar-refractivity contribution in [3.8, 4) is 0 Å². The minimum absolute atomic E-state index is 0.417. The van der Waals surface area contributed by atoms with Crippen molar-refractivity contribution in [2.75, 3.05) is 30.9 Å². The molecule has 0 aliphatic carbocycles. The lowest BCUT2D eigenvalue weighted by Crippen LogP contribution is -2.09. The number of nitrogens with zero attached hydrogens (tertiary/aromatic N) is 3. The number of aromatic nitrogens is 3. The quantitative estimate of drug-likeness (QED) is 0.727. The molecule has 1 aromatic carbocycles. The maximum atomic E-state index is 5.03. The first kappa shape index (κ1) is 17.1. The predicted molar refractivity (Wildman–Crippen MR) is 93.4 cm³/mol. The molecule has 0 atom stereocenters. The number of benzene rings is 1. The molecule has 23 heavy (non-hydrogen) atoms. The fourth-order valence-electron chi connectivity index (χ4n) is 2.33. The average Bonchev–Trinajstić information content (AvgIpc) is 2.54. The zero-order valence-corrected chi connectivity index (χ0v) is 14.3. The van der Waals surface area contributed by atoms with Crippen molar-refractivity contribution >= 4 is 17.5 Å². The Hall–Kier alpha value is -2.21. The molecule has 2 N–H and O–H groups in total. The van der Waals surface area contributed by atoms with E-state index in [9.17, 15) is 0 Å². The van der Waals surface area contributed by atoms with Gasteiger partial charge in [-0.2, -0.15) is 10.1 Å². The Bertz CT molecular complexity index is 630. The van der Waals surface area contributed by atoms with E-state index in [0.717, 1.165) is 25.3 Å². The van der Waals surface area contributed by atoms with Gasteiger partial charge < -0.3 is 15.4 Å². The van der Waals surface area contributed by atoms with E-state index in [0.29, 0.717) is 17.7 Å². The van der Waals surface area contributed by atoms with E-state index in [1.807, 2.05) is 0 Å². The van der Waals surface area contributed by atoms with Gasteiger partial charge in [-0.25, -0.2) is 0 Å². The van der Waals surface area contributed by atoms with Crippen molar-refractivity contribution in [1.29, 1.82) is 0 Å². The van der Waals surface area contributed by atoms with Crippen molar-refractivity contribution in [1.82, 2.24) is 15.2 Å². The van der Waals surface area contributed by atoms with Crippen molar-refractivity contribution in [2.24, 2.45) is 0 Å². The minimum atomic E-state index is 0.417. The number of aryl methyl sites for hydroxylation is 1. The van der Waals surface area contributed by atoms with Crippen LogP contribution in [-0.2, 0) is 4.74 Å². The highest BCUT2D eigenvalue weighted by atomic mass is 16.5. The van der Waals surface area contributed by atoms with E-state index >= 15 is 0 Å². The summed E-state index contributed by atoms with van der Waals surface area (Å²) in [5.41, 5.74) is 3.46. The predicted octanol–water partition coefficient (Wildman–Crippen LogP) is 3.50. The largest absolute Gasteiger partial charge is 0.385 e. The van der Waals surface area contributed by atoms with Crippen molar-refractivity contribution in [2.45, 2.75) is 33.1 Å². The van der Waals surface area contributed by atoms with Crippen LogP contribution in [0.25, 0.3) is 0 Å². The molecule has 1 heterocycles. The normalized spacial score (nSPS) is 10.8. The van der Waals surface area contributed by atoms with Gasteiger partial charge in [-0.05, 0) is 30.4 Å². The van der Waals surface area contributed by atoms with Crippen LogP contribution >= 0.6 is 0 Å². The zero-order valence-electron chi connectivity index (χ0n) is 14.3. The van der Waals surface area contributed by atoms with Crippen LogP contribution in [0, 0.1) is 6.92 Å². The Balaban J connectivity index is 2.12. The molecule has 0 unspecified atom stereocenters. The SMILES string of the molecule is COCCCNc1cnnc(Nc2c(C)cccc2C(C)C)n1. The highest BCUT2D eigenvalue weighted by molar-refractivity contribution is 5.64. The van der Waals surface area contributed by atoms with Gasteiger partial charge in [0.05, 0.1) is 6.20 Å². The fraction of sp³-hybridized carbons (Fsp3) is 0.471. The van der Waals surface area contributed by atoms with Gasteiger partial charge in [0, 0.05) is 25.9 Å². The second kappa shape index (κ2) is 8.43. The molecule has 124 valence electrons. The molecule has 0 aliphatic heterocycles. The third-order valence-corrected chi connectivity index (χ3v) is 3.55. The summed E-state index contributed by atoms with van der Waals surface area (Å²) in [7, 11) is 1.70. The number of anilines is 3. The monoisotopic (exact) mass is 315 g/mol. The highest BCUT2D eigenvalue weighted by Gasteiger charge is 2.11. The lowest BCUT2D eigenvalue weighted by molar-refractivity contribution is 0.197. The van der Waals surface area contributed by atoms with Crippen molar-refractivity contribution < 1.29 is 4.74 Å². The molecule has 0 saturated heterocycles. The summed E-state index contributed by atoms with van der Waals surface area (Å²) >= 11 is 0. The summed E-state index contributed by atoms with van der Waals surface area (Å²) in [5, 5.41) is 14.6. The van der Waals surface area contributed by atoms with Gasteiger partial charge in [-0.15, -0.1) is 5.10 Å². The standard InChI is InChI=1S/C17H25N5O/c1-12(2)14-8-5-7-13(3)16(14)21-17-20-15(11-19-22-17)18-9-6-10-23-4/h5,7-8,11-12H,6,9-10H2,1-4H3,(H2,18,20,21,22).